The van der Waals surface area contributed by atoms with E-state index >= 15 is 0 Å². The maximum Gasteiger partial charge on any atom is 0.272 e. The van der Waals surface area contributed by atoms with Crippen molar-refractivity contribution in [2.24, 2.45) is 0 Å². The minimum atomic E-state index is -0.802. The van der Waals surface area contributed by atoms with Gasteiger partial charge in [0.15, 0.2) is 5.75 Å². The molecular weight excluding hydrogens is 319 g/mol. The van der Waals surface area contributed by atoms with Crippen LogP contribution in [0.5, 0.6) is 11.6 Å². The molecule has 1 N–H and O–H groups in total. The number of aromatic nitrogens is 1. The van der Waals surface area contributed by atoms with Gasteiger partial charge in [0.25, 0.3) is 5.69 Å². The van der Waals surface area contributed by atoms with Crippen LogP contribution in [0.25, 0.3) is 0 Å². The highest BCUT2D eigenvalue weighted by molar-refractivity contribution is 6.37. The van der Waals surface area contributed by atoms with E-state index in [1.807, 2.05) is 0 Å². The van der Waals surface area contributed by atoms with Crippen molar-refractivity contribution in [2.45, 2.75) is 13.0 Å². The molecule has 21 heavy (non-hydrogen) atoms. The van der Waals surface area contributed by atoms with E-state index in [-0.39, 0.29) is 27.4 Å². The first-order chi connectivity index (χ1) is 9.90. The third kappa shape index (κ3) is 3.41. The second-order valence-electron chi connectivity index (χ2n) is 4.17. The van der Waals surface area contributed by atoms with Crippen LogP contribution >= 0.6 is 23.2 Å². The molecule has 0 unspecified atom stereocenters. The molecule has 0 fully saturated rings. The van der Waals surface area contributed by atoms with Gasteiger partial charge in [0.1, 0.15) is 0 Å². The molecule has 1 aromatic carbocycles. The normalized spacial score (nSPS) is 12.0. The van der Waals surface area contributed by atoms with Gasteiger partial charge in [-0.25, -0.2) is 4.98 Å². The second kappa shape index (κ2) is 6.26. The van der Waals surface area contributed by atoms with Crippen LogP contribution in [0.4, 0.5) is 5.69 Å². The van der Waals surface area contributed by atoms with Gasteiger partial charge in [-0.2, -0.15) is 0 Å². The standard InChI is InChI=1S/C13H10Cl2N2O4/c1-7(18)9-3-2-4-16-13(9)21-12-10(14)5-8(17(19)20)6-11(12)15/h2-7,18H,1H3/t7-/m0/s1. The number of hydrogen-bond acceptors (Lipinski definition) is 5. The SMILES string of the molecule is C[C@H](O)c1cccnc1Oc1c(Cl)cc([N+](=O)[O-])cc1Cl. The summed E-state index contributed by atoms with van der Waals surface area (Å²) in [4.78, 5) is 14.1. The number of pyridine rings is 1. The van der Waals surface area contributed by atoms with Gasteiger partial charge in [-0.05, 0) is 19.1 Å². The average molecular weight is 329 g/mol. The Kier molecular flexibility index (Phi) is 4.62. The number of ether oxygens (including phenoxy) is 1. The molecule has 0 bridgehead atoms. The van der Waals surface area contributed by atoms with Crippen molar-refractivity contribution < 1.29 is 14.8 Å². The molecule has 0 aliphatic rings. The van der Waals surface area contributed by atoms with Crippen molar-refractivity contribution in [3.63, 3.8) is 0 Å². The lowest BCUT2D eigenvalue weighted by Gasteiger charge is -2.13. The highest BCUT2D eigenvalue weighted by Crippen LogP contribution is 2.40. The zero-order chi connectivity index (χ0) is 15.6. The lowest BCUT2D eigenvalue weighted by Crippen LogP contribution is -1.99. The number of nitrogens with zero attached hydrogens (tertiary/aromatic N) is 2. The Labute approximate surface area is 130 Å². The lowest BCUT2D eigenvalue weighted by atomic mass is 10.2. The van der Waals surface area contributed by atoms with E-state index in [1.54, 1.807) is 19.1 Å². The molecule has 0 aliphatic heterocycles. The first kappa shape index (κ1) is 15.5. The number of rotatable bonds is 4. The van der Waals surface area contributed by atoms with Crippen LogP contribution in [0.15, 0.2) is 30.5 Å². The number of nitro groups is 1. The summed E-state index contributed by atoms with van der Waals surface area (Å²) in [5.41, 5.74) is 0.206. The van der Waals surface area contributed by atoms with Crippen LogP contribution in [0.3, 0.4) is 0 Å². The zero-order valence-electron chi connectivity index (χ0n) is 10.8. The van der Waals surface area contributed by atoms with Crippen LogP contribution in [-0.4, -0.2) is 15.0 Å². The molecule has 1 heterocycles. The van der Waals surface area contributed by atoms with Gasteiger partial charge in [-0.15, -0.1) is 0 Å². The predicted molar refractivity (Wildman–Crippen MR) is 78.1 cm³/mol. The molecule has 0 radical (unpaired) electrons. The Hall–Kier alpha value is -1.89. The van der Waals surface area contributed by atoms with Gasteiger partial charge in [-0.3, -0.25) is 10.1 Å². The van der Waals surface area contributed by atoms with Crippen molar-refractivity contribution in [1.82, 2.24) is 4.98 Å². The first-order valence-electron chi connectivity index (χ1n) is 5.84. The Morgan fingerprint density at radius 2 is 2.00 bits per heavy atom. The molecule has 8 heteroatoms. The summed E-state index contributed by atoms with van der Waals surface area (Å²) in [7, 11) is 0. The van der Waals surface area contributed by atoms with Crippen LogP contribution in [-0.2, 0) is 0 Å². The number of benzene rings is 1. The maximum atomic E-state index is 10.7. The van der Waals surface area contributed by atoms with Gasteiger partial charge < -0.3 is 9.84 Å². The Balaban J connectivity index is 2.43. The highest BCUT2D eigenvalue weighted by Gasteiger charge is 2.19. The molecule has 2 rings (SSSR count). The van der Waals surface area contributed by atoms with E-state index in [9.17, 15) is 15.2 Å². The van der Waals surface area contributed by atoms with Crippen LogP contribution in [0, 0.1) is 10.1 Å². The van der Waals surface area contributed by atoms with Gasteiger partial charge in [0, 0.05) is 23.9 Å². The largest absolute Gasteiger partial charge is 0.435 e. The second-order valence-corrected chi connectivity index (χ2v) is 4.99. The van der Waals surface area contributed by atoms with E-state index in [0.29, 0.717) is 5.56 Å². The van der Waals surface area contributed by atoms with Crippen LogP contribution in [0.1, 0.15) is 18.6 Å². The first-order valence-corrected chi connectivity index (χ1v) is 6.60. The number of halogens is 2. The quantitative estimate of drug-likeness (QED) is 0.673. The van der Waals surface area contributed by atoms with E-state index < -0.39 is 11.0 Å². The van der Waals surface area contributed by atoms with Crippen LogP contribution in [0.2, 0.25) is 10.0 Å². The summed E-state index contributed by atoms with van der Waals surface area (Å²) < 4.78 is 5.51. The highest BCUT2D eigenvalue weighted by atomic mass is 35.5. The number of hydrogen-bond donors (Lipinski definition) is 1. The number of nitro benzene ring substituents is 1. The average Bonchev–Trinajstić information content (AvgIpc) is 2.42. The topological polar surface area (TPSA) is 85.5 Å². The Morgan fingerprint density at radius 3 is 2.52 bits per heavy atom. The monoisotopic (exact) mass is 328 g/mol. The van der Waals surface area contributed by atoms with E-state index in [2.05, 4.69) is 4.98 Å². The van der Waals surface area contributed by atoms with Gasteiger partial charge in [0.2, 0.25) is 5.88 Å². The van der Waals surface area contributed by atoms with E-state index in [4.69, 9.17) is 27.9 Å². The van der Waals surface area contributed by atoms with E-state index in [0.717, 1.165) is 12.1 Å². The minimum absolute atomic E-state index is 0.0172. The fourth-order valence-corrected chi connectivity index (χ4v) is 2.21. The molecule has 2 aromatic rings. The molecule has 6 nitrogen and oxygen atoms in total. The van der Waals surface area contributed by atoms with Gasteiger partial charge in [0.05, 0.1) is 21.1 Å². The maximum absolute atomic E-state index is 10.7. The molecule has 110 valence electrons. The van der Waals surface area contributed by atoms with Crippen LogP contribution < -0.4 is 4.74 Å². The number of non-ortho nitro benzene ring substituents is 1. The smallest absolute Gasteiger partial charge is 0.272 e. The van der Waals surface area contributed by atoms with Gasteiger partial charge in [-0.1, -0.05) is 23.2 Å². The predicted octanol–water partition coefficient (Wildman–Crippen LogP) is 4.14. The molecule has 1 atom stereocenters. The fourth-order valence-electron chi connectivity index (χ4n) is 1.65. The molecule has 0 spiro atoms. The molecule has 0 amide bonds. The Bertz CT molecular complexity index is 669. The summed E-state index contributed by atoms with van der Waals surface area (Å²) in [6, 6.07) is 5.55. The van der Waals surface area contributed by atoms with Crippen molar-refractivity contribution in [1.29, 1.82) is 0 Å². The van der Waals surface area contributed by atoms with Crippen molar-refractivity contribution in [3.8, 4) is 11.6 Å². The summed E-state index contributed by atoms with van der Waals surface area (Å²) in [6.45, 7) is 1.56. The fraction of sp³-hybridized carbons (Fsp3) is 0.154. The zero-order valence-corrected chi connectivity index (χ0v) is 12.3. The molecule has 0 saturated carbocycles. The number of aliphatic hydroxyl groups is 1. The lowest BCUT2D eigenvalue weighted by molar-refractivity contribution is -0.384. The number of aliphatic hydroxyl groups excluding tert-OH is 1. The third-order valence-electron chi connectivity index (χ3n) is 2.64. The van der Waals surface area contributed by atoms with Crippen molar-refractivity contribution in [3.05, 3.63) is 56.2 Å². The van der Waals surface area contributed by atoms with Crippen molar-refractivity contribution in [2.75, 3.05) is 0 Å². The molecule has 0 aliphatic carbocycles. The summed E-state index contributed by atoms with van der Waals surface area (Å²) in [5.74, 6) is 0.176. The van der Waals surface area contributed by atoms with Crippen molar-refractivity contribution >= 4 is 28.9 Å². The summed E-state index contributed by atoms with van der Waals surface area (Å²) >= 11 is 11.9. The van der Waals surface area contributed by atoms with E-state index in [1.165, 1.54) is 6.20 Å². The molecular formula is C13H10Cl2N2O4. The summed E-state index contributed by atoms with van der Waals surface area (Å²) in [6.07, 6.45) is 0.679. The molecule has 0 saturated heterocycles. The Morgan fingerprint density at radius 1 is 1.38 bits per heavy atom. The summed E-state index contributed by atoms with van der Waals surface area (Å²) in [5, 5.41) is 20.3. The van der Waals surface area contributed by atoms with Gasteiger partial charge >= 0.3 is 0 Å². The molecule has 1 aromatic heterocycles. The minimum Gasteiger partial charge on any atom is -0.435 e. The third-order valence-corrected chi connectivity index (χ3v) is 3.20.